The summed E-state index contributed by atoms with van der Waals surface area (Å²) in [7, 11) is 2.26. The first-order valence-corrected chi connectivity index (χ1v) is 8.08. The van der Waals surface area contributed by atoms with Gasteiger partial charge in [0.05, 0.1) is 18.8 Å². The quantitative estimate of drug-likeness (QED) is 0.944. The van der Waals surface area contributed by atoms with Crippen LogP contribution in [0.15, 0.2) is 30.5 Å². The minimum atomic E-state index is 0.0747. The van der Waals surface area contributed by atoms with E-state index in [1.807, 2.05) is 24.3 Å². The second kappa shape index (κ2) is 5.48. The number of hydrogen-bond acceptors (Lipinski definition) is 4. The Morgan fingerprint density at radius 3 is 2.41 bits per heavy atom. The van der Waals surface area contributed by atoms with Crippen molar-refractivity contribution in [2.24, 2.45) is 0 Å². The molecule has 0 spiro atoms. The predicted molar refractivity (Wildman–Crippen MR) is 84.2 cm³/mol. The lowest BCUT2D eigenvalue weighted by Gasteiger charge is -2.36. The minimum Gasteiger partial charge on any atom is -0.392 e. The molecule has 3 heterocycles. The van der Waals surface area contributed by atoms with E-state index in [0.29, 0.717) is 18.1 Å². The summed E-state index contributed by atoms with van der Waals surface area (Å²) in [6, 6.07) is 9.76. The number of fused-ring (bicyclic) bond motifs is 2. The van der Waals surface area contributed by atoms with Gasteiger partial charge in [-0.1, -0.05) is 29.5 Å². The number of aliphatic hydroxyl groups is 1. The predicted octanol–water partition coefficient (Wildman–Crippen LogP) is 2.24. The highest BCUT2D eigenvalue weighted by molar-refractivity contribution is 5.57. The molecular formula is C17H22N4O. The molecule has 2 atom stereocenters. The third kappa shape index (κ3) is 2.34. The van der Waals surface area contributed by atoms with Gasteiger partial charge in [0.1, 0.15) is 5.69 Å². The van der Waals surface area contributed by atoms with E-state index in [9.17, 15) is 0 Å². The number of benzene rings is 1. The molecule has 2 aliphatic heterocycles. The third-order valence-electron chi connectivity index (χ3n) is 5.39. The Labute approximate surface area is 130 Å². The van der Waals surface area contributed by atoms with Gasteiger partial charge in [-0.2, -0.15) is 0 Å². The van der Waals surface area contributed by atoms with Gasteiger partial charge in [-0.05, 0) is 38.3 Å². The van der Waals surface area contributed by atoms with Crippen LogP contribution in [0.2, 0.25) is 0 Å². The number of hydrogen-bond donors (Lipinski definition) is 1. The summed E-state index contributed by atoms with van der Waals surface area (Å²) in [5.74, 6) is 0. The molecule has 0 amide bonds. The Kier molecular flexibility index (Phi) is 3.47. The smallest absolute Gasteiger partial charge is 0.113 e. The molecule has 0 aliphatic carbocycles. The normalized spacial score (nSPS) is 28.2. The van der Waals surface area contributed by atoms with Crippen molar-refractivity contribution in [3.05, 3.63) is 36.0 Å². The van der Waals surface area contributed by atoms with E-state index in [-0.39, 0.29) is 6.61 Å². The summed E-state index contributed by atoms with van der Waals surface area (Å²) in [5, 5.41) is 17.8. The van der Waals surface area contributed by atoms with Crippen LogP contribution < -0.4 is 0 Å². The molecule has 2 aliphatic rings. The van der Waals surface area contributed by atoms with Crippen molar-refractivity contribution in [2.75, 3.05) is 7.05 Å². The maximum absolute atomic E-state index is 9.11. The highest BCUT2D eigenvalue weighted by Crippen LogP contribution is 2.39. The van der Waals surface area contributed by atoms with Gasteiger partial charge in [-0.15, -0.1) is 5.10 Å². The van der Waals surface area contributed by atoms with Crippen molar-refractivity contribution in [2.45, 2.75) is 50.4 Å². The first-order valence-electron chi connectivity index (χ1n) is 8.08. The van der Waals surface area contributed by atoms with Gasteiger partial charge < -0.3 is 10.0 Å². The van der Waals surface area contributed by atoms with Crippen LogP contribution in [0, 0.1) is 0 Å². The van der Waals surface area contributed by atoms with Crippen LogP contribution in [-0.2, 0) is 6.61 Å². The van der Waals surface area contributed by atoms with Crippen LogP contribution in [0.4, 0.5) is 0 Å². The first kappa shape index (κ1) is 13.9. The Balaban J connectivity index is 1.54. The lowest BCUT2D eigenvalue weighted by Crippen LogP contribution is -2.40. The number of aromatic nitrogens is 3. The molecule has 22 heavy (non-hydrogen) atoms. The third-order valence-corrected chi connectivity index (χ3v) is 5.39. The number of rotatable bonds is 3. The number of aliphatic hydroxyl groups excluding tert-OH is 1. The summed E-state index contributed by atoms with van der Waals surface area (Å²) < 4.78 is 2.06. The molecule has 116 valence electrons. The molecule has 2 fully saturated rings. The molecule has 0 saturated carbocycles. The Morgan fingerprint density at radius 2 is 1.77 bits per heavy atom. The zero-order valence-electron chi connectivity index (χ0n) is 12.9. The van der Waals surface area contributed by atoms with E-state index in [2.05, 4.69) is 33.1 Å². The average molecular weight is 298 g/mol. The van der Waals surface area contributed by atoms with Crippen molar-refractivity contribution < 1.29 is 5.11 Å². The van der Waals surface area contributed by atoms with E-state index in [0.717, 1.165) is 16.8 Å². The monoisotopic (exact) mass is 298 g/mol. The van der Waals surface area contributed by atoms with Gasteiger partial charge in [-0.25, -0.2) is 4.68 Å². The maximum Gasteiger partial charge on any atom is 0.113 e. The minimum absolute atomic E-state index is 0.0747. The largest absolute Gasteiger partial charge is 0.392 e. The molecule has 1 aromatic heterocycles. The van der Waals surface area contributed by atoms with E-state index in [4.69, 9.17) is 5.11 Å². The van der Waals surface area contributed by atoms with Crippen LogP contribution in [0.25, 0.3) is 11.3 Å². The molecule has 2 bridgehead atoms. The fraction of sp³-hybridized carbons (Fsp3) is 0.529. The van der Waals surface area contributed by atoms with E-state index in [1.54, 1.807) is 0 Å². The molecule has 2 saturated heterocycles. The van der Waals surface area contributed by atoms with Gasteiger partial charge in [0.15, 0.2) is 0 Å². The molecule has 1 N–H and O–H groups in total. The Hall–Kier alpha value is -1.72. The molecule has 5 nitrogen and oxygen atoms in total. The second-order valence-electron chi connectivity index (χ2n) is 6.61. The van der Waals surface area contributed by atoms with Gasteiger partial charge >= 0.3 is 0 Å². The summed E-state index contributed by atoms with van der Waals surface area (Å²) in [5.41, 5.74) is 2.89. The number of nitrogens with zero attached hydrogens (tertiary/aromatic N) is 4. The molecule has 0 radical (unpaired) electrons. The Bertz CT molecular complexity index is 637. The fourth-order valence-corrected chi connectivity index (χ4v) is 3.97. The van der Waals surface area contributed by atoms with Crippen molar-refractivity contribution in [1.29, 1.82) is 0 Å². The second-order valence-corrected chi connectivity index (χ2v) is 6.61. The topological polar surface area (TPSA) is 54.2 Å². The van der Waals surface area contributed by atoms with E-state index in [1.165, 1.54) is 25.7 Å². The van der Waals surface area contributed by atoms with Crippen LogP contribution in [0.5, 0.6) is 0 Å². The lowest BCUT2D eigenvalue weighted by molar-refractivity contribution is 0.130. The molecule has 1 aromatic carbocycles. The van der Waals surface area contributed by atoms with Gasteiger partial charge in [-0.3, -0.25) is 0 Å². The molecule has 2 unspecified atom stereocenters. The van der Waals surface area contributed by atoms with Crippen LogP contribution in [0.3, 0.4) is 0 Å². The zero-order valence-corrected chi connectivity index (χ0v) is 12.9. The molecule has 5 heteroatoms. The van der Waals surface area contributed by atoms with Crippen LogP contribution in [0.1, 0.15) is 37.3 Å². The molecule has 2 aromatic rings. The van der Waals surface area contributed by atoms with Gasteiger partial charge in [0.2, 0.25) is 0 Å². The van der Waals surface area contributed by atoms with E-state index >= 15 is 0 Å². The average Bonchev–Trinajstić information content (AvgIpc) is 3.10. The van der Waals surface area contributed by atoms with Crippen molar-refractivity contribution in [1.82, 2.24) is 19.9 Å². The van der Waals surface area contributed by atoms with Crippen LogP contribution in [-0.4, -0.2) is 44.1 Å². The highest BCUT2D eigenvalue weighted by atomic mass is 16.3. The molecular weight excluding hydrogens is 276 g/mol. The number of piperidine rings is 1. The van der Waals surface area contributed by atoms with Crippen LogP contribution >= 0.6 is 0 Å². The zero-order chi connectivity index (χ0) is 15.1. The lowest BCUT2D eigenvalue weighted by atomic mass is 9.98. The fourth-order valence-electron chi connectivity index (χ4n) is 3.97. The van der Waals surface area contributed by atoms with Gasteiger partial charge in [0, 0.05) is 17.6 Å². The summed E-state index contributed by atoms with van der Waals surface area (Å²) in [6.07, 6.45) is 7.07. The van der Waals surface area contributed by atoms with E-state index < -0.39 is 0 Å². The van der Waals surface area contributed by atoms with Crippen molar-refractivity contribution >= 4 is 0 Å². The van der Waals surface area contributed by atoms with Crippen molar-refractivity contribution in [3.8, 4) is 11.3 Å². The molecule has 4 rings (SSSR count). The van der Waals surface area contributed by atoms with Gasteiger partial charge in [0.25, 0.3) is 0 Å². The SMILES string of the molecule is CN1C2CCC1CC(n1cc(-c3ccc(CO)cc3)nn1)C2. The highest BCUT2D eigenvalue weighted by Gasteiger charge is 2.39. The summed E-state index contributed by atoms with van der Waals surface area (Å²) in [4.78, 5) is 2.54. The standard InChI is InChI=1S/C17H22N4O/c1-20-14-6-7-15(20)9-16(8-14)21-10-17(18-19-21)13-4-2-12(11-22)3-5-13/h2-5,10,14-16,22H,6-9,11H2,1H3. The maximum atomic E-state index is 9.11. The summed E-state index contributed by atoms with van der Waals surface area (Å²) in [6.45, 7) is 0.0747. The summed E-state index contributed by atoms with van der Waals surface area (Å²) >= 11 is 0. The van der Waals surface area contributed by atoms with Crippen molar-refractivity contribution in [3.63, 3.8) is 0 Å². The Morgan fingerprint density at radius 1 is 1.09 bits per heavy atom. The first-order chi connectivity index (χ1) is 10.7.